The summed E-state index contributed by atoms with van der Waals surface area (Å²) in [5, 5.41) is 7.69. The standard InChI is InChI=1S/C15H26N4O/c1-20-12-7-13-16-14(18-17-13)15(8-3-2-4-9-15)19-10-5-6-11-19/h2-12H2,1H3,(H,16,17,18). The minimum atomic E-state index is 0.108. The van der Waals surface area contributed by atoms with E-state index in [1.165, 1.54) is 58.0 Å². The van der Waals surface area contributed by atoms with E-state index in [1.807, 2.05) is 0 Å². The number of likely N-dealkylation sites (tertiary alicyclic amines) is 1. The Balaban J connectivity index is 1.82. The molecule has 0 bridgehead atoms. The van der Waals surface area contributed by atoms with E-state index in [-0.39, 0.29) is 5.54 Å². The van der Waals surface area contributed by atoms with Gasteiger partial charge in [0.1, 0.15) is 5.82 Å². The normalized spacial score (nSPS) is 23.2. The number of hydrogen-bond acceptors (Lipinski definition) is 4. The van der Waals surface area contributed by atoms with Crippen molar-refractivity contribution in [1.29, 1.82) is 0 Å². The molecular formula is C15H26N4O. The highest BCUT2D eigenvalue weighted by Gasteiger charge is 2.43. The summed E-state index contributed by atoms with van der Waals surface area (Å²) in [6.07, 6.45) is 9.86. The second kappa shape index (κ2) is 6.22. The molecule has 2 heterocycles. The minimum Gasteiger partial charge on any atom is -0.384 e. The Labute approximate surface area is 121 Å². The molecule has 2 fully saturated rings. The molecule has 5 nitrogen and oxygen atoms in total. The summed E-state index contributed by atoms with van der Waals surface area (Å²) in [5.41, 5.74) is 0.108. The molecule has 2 aliphatic rings. The summed E-state index contributed by atoms with van der Waals surface area (Å²) in [6.45, 7) is 3.12. The average Bonchev–Trinajstić information content (AvgIpc) is 3.17. The summed E-state index contributed by atoms with van der Waals surface area (Å²) in [6, 6.07) is 0. The number of methoxy groups -OCH3 is 1. The van der Waals surface area contributed by atoms with Gasteiger partial charge < -0.3 is 4.74 Å². The van der Waals surface area contributed by atoms with E-state index in [0.29, 0.717) is 6.61 Å². The van der Waals surface area contributed by atoms with Crippen LogP contribution in [0.15, 0.2) is 0 Å². The first kappa shape index (κ1) is 14.0. The SMILES string of the molecule is COCCc1nc(C2(N3CCCC3)CCCCC2)n[nH]1. The molecule has 0 amide bonds. The van der Waals surface area contributed by atoms with Crippen molar-refractivity contribution in [3.05, 3.63) is 11.6 Å². The van der Waals surface area contributed by atoms with Gasteiger partial charge in [-0.3, -0.25) is 10.00 Å². The highest BCUT2D eigenvalue weighted by atomic mass is 16.5. The van der Waals surface area contributed by atoms with Crippen LogP contribution in [0, 0.1) is 0 Å². The van der Waals surface area contributed by atoms with Gasteiger partial charge in [0, 0.05) is 13.5 Å². The molecule has 1 aromatic rings. The number of H-pyrrole nitrogens is 1. The van der Waals surface area contributed by atoms with Crippen LogP contribution in [0.5, 0.6) is 0 Å². The van der Waals surface area contributed by atoms with Crippen molar-refractivity contribution in [3.8, 4) is 0 Å². The smallest absolute Gasteiger partial charge is 0.170 e. The summed E-state index contributed by atoms with van der Waals surface area (Å²) in [5.74, 6) is 2.00. The zero-order valence-electron chi connectivity index (χ0n) is 12.5. The second-order valence-corrected chi connectivity index (χ2v) is 6.13. The van der Waals surface area contributed by atoms with Crippen LogP contribution < -0.4 is 0 Å². The van der Waals surface area contributed by atoms with Crippen molar-refractivity contribution in [2.45, 2.75) is 56.9 Å². The fraction of sp³-hybridized carbons (Fsp3) is 0.867. The number of nitrogens with zero attached hydrogens (tertiary/aromatic N) is 3. The van der Waals surface area contributed by atoms with E-state index >= 15 is 0 Å². The molecule has 1 saturated carbocycles. The zero-order chi connectivity index (χ0) is 13.8. The van der Waals surface area contributed by atoms with Crippen molar-refractivity contribution in [1.82, 2.24) is 20.1 Å². The first-order valence-electron chi connectivity index (χ1n) is 8.01. The second-order valence-electron chi connectivity index (χ2n) is 6.13. The van der Waals surface area contributed by atoms with Crippen molar-refractivity contribution < 1.29 is 4.74 Å². The number of ether oxygens (including phenoxy) is 1. The third kappa shape index (κ3) is 2.61. The van der Waals surface area contributed by atoms with E-state index < -0.39 is 0 Å². The van der Waals surface area contributed by atoms with Crippen LogP contribution in [-0.2, 0) is 16.7 Å². The Morgan fingerprint density at radius 2 is 1.90 bits per heavy atom. The van der Waals surface area contributed by atoms with Gasteiger partial charge in [0.2, 0.25) is 0 Å². The fourth-order valence-electron chi connectivity index (χ4n) is 3.78. The summed E-state index contributed by atoms with van der Waals surface area (Å²) < 4.78 is 5.13. The zero-order valence-corrected chi connectivity index (χ0v) is 12.5. The largest absolute Gasteiger partial charge is 0.384 e. The Kier molecular flexibility index (Phi) is 4.36. The van der Waals surface area contributed by atoms with E-state index in [1.54, 1.807) is 7.11 Å². The van der Waals surface area contributed by atoms with Gasteiger partial charge >= 0.3 is 0 Å². The number of aromatic amines is 1. The van der Waals surface area contributed by atoms with Gasteiger partial charge in [-0.2, -0.15) is 5.10 Å². The monoisotopic (exact) mass is 278 g/mol. The van der Waals surface area contributed by atoms with Gasteiger partial charge in [0.15, 0.2) is 5.82 Å². The lowest BCUT2D eigenvalue weighted by molar-refractivity contribution is 0.0621. The van der Waals surface area contributed by atoms with Gasteiger partial charge in [-0.15, -0.1) is 0 Å². The predicted molar refractivity (Wildman–Crippen MR) is 77.5 cm³/mol. The molecule has 0 atom stereocenters. The maximum atomic E-state index is 5.13. The van der Waals surface area contributed by atoms with E-state index in [4.69, 9.17) is 9.72 Å². The minimum absolute atomic E-state index is 0.108. The first-order valence-corrected chi connectivity index (χ1v) is 8.01. The van der Waals surface area contributed by atoms with Gasteiger partial charge in [-0.05, 0) is 38.8 Å². The van der Waals surface area contributed by atoms with Crippen LogP contribution in [0.1, 0.15) is 56.6 Å². The summed E-state index contributed by atoms with van der Waals surface area (Å²) in [4.78, 5) is 7.45. The van der Waals surface area contributed by atoms with Crippen LogP contribution in [0.25, 0.3) is 0 Å². The maximum Gasteiger partial charge on any atom is 0.170 e. The van der Waals surface area contributed by atoms with Crippen LogP contribution in [0.3, 0.4) is 0 Å². The van der Waals surface area contributed by atoms with Gasteiger partial charge in [-0.25, -0.2) is 4.98 Å². The molecule has 20 heavy (non-hydrogen) atoms. The molecule has 0 aromatic carbocycles. The molecule has 0 spiro atoms. The molecule has 1 aliphatic carbocycles. The molecule has 3 rings (SSSR count). The van der Waals surface area contributed by atoms with E-state index in [2.05, 4.69) is 15.1 Å². The van der Waals surface area contributed by atoms with Crippen LogP contribution in [0.2, 0.25) is 0 Å². The lowest BCUT2D eigenvalue weighted by Crippen LogP contribution is -2.46. The Morgan fingerprint density at radius 1 is 1.15 bits per heavy atom. The lowest BCUT2D eigenvalue weighted by Gasteiger charge is -2.42. The molecule has 112 valence electrons. The summed E-state index contributed by atoms with van der Waals surface area (Å²) >= 11 is 0. The molecule has 1 saturated heterocycles. The third-order valence-electron chi connectivity index (χ3n) is 4.88. The number of aromatic nitrogens is 3. The molecule has 5 heteroatoms. The van der Waals surface area contributed by atoms with Gasteiger partial charge in [0.05, 0.1) is 12.1 Å². The van der Waals surface area contributed by atoms with Crippen LogP contribution in [-0.4, -0.2) is 46.9 Å². The van der Waals surface area contributed by atoms with Crippen LogP contribution >= 0.6 is 0 Å². The summed E-state index contributed by atoms with van der Waals surface area (Å²) in [7, 11) is 1.73. The van der Waals surface area contributed by atoms with E-state index in [9.17, 15) is 0 Å². The third-order valence-corrected chi connectivity index (χ3v) is 4.88. The van der Waals surface area contributed by atoms with Crippen LogP contribution in [0.4, 0.5) is 0 Å². The fourth-order valence-corrected chi connectivity index (χ4v) is 3.78. The lowest BCUT2D eigenvalue weighted by atomic mass is 9.79. The maximum absolute atomic E-state index is 5.13. The van der Waals surface area contributed by atoms with Crippen molar-refractivity contribution in [2.75, 3.05) is 26.8 Å². The quantitative estimate of drug-likeness (QED) is 0.897. The first-order chi connectivity index (χ1) is 9.85. The molecule has 0 unspecified atom stereocenters. The number of nitrogens with one attached hydrogen (secondary N) is 1. The Bertz CT molecular complexity index is 419. The molecule has 1 aliphatic heterocycles. The topological polar surface area (TPSA) is 54.0 Å². The number of hydrogen-bond donors (Lipinski definition) is 1. The molecule has 0 radical (unpaired) electrons. The van der Waals surface area contributed by atoms with Crippen molar-refractivity contribution in [3.63, 3.8) is 0 Å². The average molecular weight is 278 g/mol. The molecule has 1 N–H and O–H groups in total. The molecule has 1 aromatic heterocycles. The Hall–Kier alpha value is -0.940. The highest BCUT2D eigenvalue weighted by molar-refractivity contribution is 5.10. The number of rotatable bonds is 5. The highest BCUT2D eigenvalue weighted by Crippen LogP contribution is 2.42. The van der Waals surface area contributed by atoms with Crippen molar-refractivity contribution >= 4 is 0 Å². The van der Waals surface area contributed by atoms with Gasteiger partial charge in [0.25, 0.3) is 0 Å². The molecular weight excluding hydrogens is 252 g/mol. The van der Waals surface area contributed by atoms with Gasteiger partial charge in [-0.1, -0.05) is 19.3 Å². The predicted octanol–water partition coefficient (Wildman–Crippen LogP) is 2.25. The van der Waals surface area contributed by atoms with E-state index in [0.717, 1.165) is 18.1 Å². The van der Waals surface area contributed by atoms with Crippen molar-refractivity contribution in [2.24, 2.45) is 0 Å². The Morgan fingerprint density at radius 3 is 2.60 bits per heavy atom.